The summed E-state index contributed by atoms with van der Waals surface area (Å²) in [5.41, 5.74) is -0.120. The van der Waals surface area contributed by atoms with Crippen LogP contribution in [0.3, 0.4) is 0 Å². The molecule has 0 bridgehead atoms. The average molecular weight is 388 g/mol. The van der Waals surface area contributed by atoms with E-state index < -0.39 is 29.2 Å². The van der Waals surface area contributed by atoms with Crippen molar-refractivity contribution in [2.45, 2.75) is 6.42 Å². The van der Waals surface area contributed by atoms with Crippen LogP contribution in [-0.2, 0) is 11.2 Å². The van der Waals surface area contributed by atoms with Crippen molar-refractivity contribution in [1.82, 2.24) is 9.88 Å². The van der Waals surface area contributed by atoms with E-state index >= 15 is 0 Å². The Bertz CT molecular complexity index is 815. The second-order valence-electron chi connectivity index (χ2n) is 5.81. The number of aromatic nitrogens is 1. The molecule has 3 rings (SSSR count). The molecule has 1 aliphatic heterocycles. The van der Waals surface area contributed by atoms with Gasteiger partial charge >= 0.3 is 0 Å². The highest BCUT2D eigenvalue weighted by Crippen LogP contribution is 2.27. The smallest absolute Gasteiger partial charge is 0.253 e. The first-order valence-electron chi connectivity index (χ1n) is 7.84. The molecular weight excluding hydrogens is 374 g/mol. The Hall–Kier alpha value is -2.35. The number of carbonyl (C=O) groups is 1. The maximum absolute atomic E-state index is 13.8. The number of pyridine rings is 1. The number of hydrogen-bond donors (Lipinski definition) is 0. The number of hydrogen-bond acceptors (Lipinski definition) is 3. The normalized spacial score (nSPS) is 14.7. The Morgan fingerprint density at radius 3 is 2.15 bits per heavy atom. The fourth-order valence-corrected chi connectivity index (χ4v) is 3.05. The number of anilines is 1. The van der Waals surface area contributed by atoms with Crippen LogP contribution in [0.15, 0.2) is 24.3 Å². The second kappa shape index (κ2) is 7.49. The molecule has 0 spiro atoms. The minimum atomic E-state index is -1.70. The molecule has 1 fully saturated rings. The van der Waals surface area contributed by atoms with Gasteiger partial charge in [-0.1, -0.05) is 29.8 Å². The Morgan fingerprint density at radius 1 is 1.00 bits per heavy atom. The fourth-order valence-electron chi connectivity index (χ4n) is 2.85. The molecule has 2 aromatic rings. The molecule has 0 atom stereocenters. The van der Waals surface area contributed by atoms with Crippen LogP contribution in [0.1, 0.15) is 5.56 Å². The standard InChI is InChI=1S/C17H14ClF4N3O/c18-11-4-2-1-3-10(11)9-12(26)24-5-7-25(8-6-24)15-13(19)16(21)23-17(22)14(15)20/h1-4H,5-9H2. The lowest BCUT2D eigenvalue weighted by molar-refractivity contribution is -0.130. The monoisotopic (exact) mass is 387 g/mol. The van der Waals surface area contributed by atoms with E-state index in [2.05, 4.69) is 4.98 Å². The summed E-state index contributed by atoms with van der Waals surface area (Å²) in [5, 5.41) is 0.478. The zero-order valence-electron chi connectivity index (χ0n) is 13.5. The number of rotatable bonds is 3. The van der Waals surface area contributed by atoms with E-state index in [9.17, 15) is 22.4 Å². The Kier molecular flexibility index (Phi) is 5.31. The third kappa shape index (κ3) is 3.60. The van der Waals surface area contributed by atoms with Crippen molar-refractivity contribution in [3.63, 3.8) is 0 Å². The SMILES string of the molecule is O=C(Cc1ccccc1Cl)N1CCN(c2c(F)c(F)nc(F)c2F)CC1. The molecule has 26 heavy (non-hydrogen) atoms. The number of nitrogens with zero attached hydrogens (tertiary/aromatic N) is 3. The topological polar surface area (TPSA) is 36.4 Å². The predicted octanol–water partition coefficient (Wildman–Crippen LogP) is 3.18. The van der Waals surface area contributed by atoms with Gasteiger partial charge in [0.05, 0.1) is 6.42 Å². The molecule has 138 valence electrons. The van der Waals surface area contributed by atoms with Gasteiger partial charge in [-0.25, -0.2) is 0 Å². The van der Waals surface area contributed by atoms with Crippen LogP contribution in [0, 0.1) is 23.5 Å². The highest BCUT2D eigenvalue weighted by atomic mass is 35.5. The van der Waals surface area contributed by atoms with Crippen molar-refractivity contribution in [2.24, 2.45) is 0 Å². The van der Waals surface area contributed by atoms with Gasteiger partial charge in [-0.05, 0) is 11.6 Å². The summed E-state index contributed by atoms with van der Waals surface area (Å²) in [6.45, 7) is 0.386. The van der Waals surface area contributed by atoms with Crippen molar-refractivity contribution in [2.75, 3.05) is 31.1 Å². The summed E-state index contributed by atoms with van der Waals surface area (Å²) in [7, 11) is 0. The molecule has 1 aromatic heterocycles. The fraction of sp³-hybridized carbons (Fsp3) is 0.294. The first-order valence-corrected chi connectivity index (χ1v) is 8.22. The molecule has 0 saturated carbocycles. The van der Waals surface area contributed by atoms with Crippen LogP contribution in [0.5, 0.6) is 0 Å². The van der Waals surface area contributed by atoms with Crippen LogP contribution in [0.4, 0.5) is 23.2 Å². The number of halogens is 5. The number of benzene rings is 1. The second-order valence-corrected chi connectivity index (χ2v) is 6.21. The molecule has 0 unspecified atom stereocenters. The molecular formula is C17H14ClF4N3O. The molecule has 2 heterocycles. The van der Waals surface area contributed by atoms with Crippen LogP contribution < -0.4 is 4.90 Å². The largest absolute Gasteiger partial charge is 0.363 e. The third-order valence-electron chi connectivity index (χ3n) is 4.22. The van der Waals surface area contributed by atoms with Gasteiger partial charge in [0, 0.05) is 31.2 Å². The minimum absolute atomic E-state index is 0.0327. The van der Waals surface area contributed by atoms with Crippen LogP contribution in [0.2, 0.25) is 5.02 Å². The van der Waals surface area contributed by atoms with E-state index in [1.807, 2.05) is 0 Å². The molecule has 0 radical (unpaired) electrons. The lowest BCUT2D eigenvalue weighted by Gasteiger charge is -2.36. The van der Waals surface area contributed by atoms with Gasteiger partial charge < -0.3 is 9.80 Å². The van der Waals surface area contributed by atoms with Gasteiger partial charge in [-0.2, -0.15) is 22.5 Å². The molecule has 1 aliphatic rings. The molecule has 4 nitrogen and oxygen atoms in total. The Labute approximate surface area is 152 Å². The van der Waals surface area contributed by atoms with Crippen molar-refractivity contribution < 1.29 is 22.4 Å². The molecule has 1 aromatic carbocycles. The predicted molar refractivity (Wildman–Crippen MR) is 88.0 cm³/mol. The van der Waals surface area contributed by atoms with Crippen molar-refractivity contribution in [1.29, 1.82) is 0 Å². The van der Waals surface area contributed by atoms with E-state index in [-0.39, 0.29) is 38.5 Å². The van der Waals surface area contributed by atoms with Gasteiger partial charge in [0.2, 0.25) is 17.5 Å². The summed E-state index contributed by atoms with van der Waals surface area (Å²) in [4.78, 5) is 17.6. The molecule has 0 N–H and O–H groups in total. The third-order valence-corrected chi connectivity index (χ3v) is 4.59. The molecule has 1 amide bonds. The first kappa shape index (κ1) is 18.4. The van der Waals surface area contributed by atoms with E-state index in [0.717, 1.165) is 4.90 Å². The zero-order chi connectivity index (χ0) is 18.8. The number of amides is 1. The lowest BCUT2D eigenvalue weighted by Crippen LogP contribution is -2.49. The van der Waals surface area contributed by atoms with Crippen molar-refractivity contribution in [3.8, 4) is 0 Å². The van der Waals surface area contributed by atoms with Crippen LogP contribution in [0.25, 0.3) is 0 Å². The maximum atomic E-state index is 13.8. The Morgan fingerprint density at radius 2 is 1.58 bits per heavy atom. The lowest BCUT2D eigenvalue weighted by atomic mass is 10.1. The number of piperazine rings is 1. The van der Waals surface area contributed by atoms with Gasteiger partial charge in [-0.3, -0.25) is 4.79 Å². The zero-order valence-corrected chi connectivity index (χ0v) is 14.2. The summed E-state index contributed by atoms with van der Waals surface area (Å²) < 4.78 is 54.2. The van der Waals surface area contributed by atoms with Gasteiger partial charge in [0.1, 0.15) is 5.69 Å². The molecule has 0 aliphatic carbocycles. The molecule has 1 saturated heterocycles. The summed E-state index contributed by atoms with van der Waals surface area (Å²) >= 11 is 6.04. The Balaban J connectivity index is 1.68. The van der Waals surface area contributed by atoms with Gasteiger partial charge in [-0.15, -0.1) is 0 Å². The summed E-state index contributed by atoms with van der Waals surface area (Å²) in [5.74, 6) is -6.67. The average Bonchev–Trinajstić information content (AvgIpc) is 2.63. The number of carbonyl (C=O) groups excluding carboxylic acids is 1. The van der Waals surface area contributed by atoms with Gasteiger partial charge in [0.15, 0.2) is 0 Å². The van der Waals surface area contributed by atoms with Crippen molar-refractivity contribution in [3.05, 3.63) is 58.4 Å². The first-order chi connectivity index (χ1) is 12.4. The van der Waals surface area contributed by atoms with Crippen LogP contribution in [-0.4, -0.2) is 42.0 Å². The van der Waals surface area contributed by atoms with Gasteiger partial charge in [0.25, 0.3) is 11.9 Å². The van der Waals surface area contributed by atoms with E-state index in [0.29, 0.717) is 10.6 Å². The summed E-state index contributed by atoms with van der Waals surface area (Å²) in [6.07, 6.45) is 0.0981. The van der Waals surface area contributed by atoms with E-state index in [1.54, 1.807) is 24.3 Å². The van der Waals surface area contributed by atoms with Crippen molar-refractivity contribution >= 4 is 23.2 Å². The highest BCUT2D eigenvalue weighted by molar-refractivity contribution is 6.31. The quantitative estimate of drug-likeness (QED) is 0.599. The summed E-state index contributed by atoms with van der Waals surface area (Å²) in [6, 6.07) is 6.94. The highest BCUT2D eigenvalue weighted by Gasteiger charge is 2.29. The maximum Gasteiger partial charge on any atom is 0.253 e. The van der Waals surface area contributed by atoms with E-state index in [4.69, 9.17) is 11.6 Å². The minimum Gasteiger partial charge on any atom is -0.363 e. The van der Waals surface area contributed by atoms with E-state index in [1.165, 1.54) is 4.90 Å². The van der Waals surface area contributed by atoms with Crippen LogP contribution >= 0.6 is 11.6 Å². The molecule has 9 heteroatoms.